The van der Waals surface area contributed by atoms with Crippen LogP contribution in [0.25, 0.3) is 0 Å². The molecule has 3 rings (SSSR count). The number of fused-ring (bicyclic) bond motifs is 2. The summed E-state index contributed by atoms with van der Waals surface area (Å²) in [4.78, 5) is 2.91. The summed E-state index contributed by atoms with van der Waals surface area (Å²) in [6.45, 7) is 14.3. The van der Waals surface area contributed by atoms with Crippen molar-refractivity contribution in [2.24, 2.45) is 16.7 Å². The van der Waals surface area contributed by atoms with Gasteiger partial charge in [0.2, 0.25) is 0 Å². The number of aryl methyl sites for hydroxylation is 2. The van der Waals surface area contributed by atoms with Crippen LogP contribution < -0.4 is 5.32 Å². The third-order valence-electron chi connectivity index (χ3n) is 6.23. The van der Waals surface area contributed by atoms with Crippen molar-refractivity contribution in [3.05, 3.63) is 21.4 Å². The van der Waals surface area contributed by atoms with Crippen molar-refractivity contribution in [2.75, 3.05) is 0 Å². The molecule has 2 unspecified atom stereocenters. The lowest BCUT2D eigenvalue weighted by Crippen LogP contribution is -2.51. The number of rotatable bonds is 3. The van der Waals surface area contributed by atoms with Crippen molar-refractivity contribution in [3.63, 3.8) is 0 Å². The quantitative estimate of drug-likeness (QED) is 0.804. The van der Waals surface area contributed by atoms with Gasteiger partial charge in [-0.3, -0.25) is 0 Å². The van der Waals surface area contributed by atoms with Crippen LogP contribution in [0.3, 0.4) is 0 Å². The normalized spacial score (nSPS) is 36.5. The molecule has 4 atom stereocenters. The third-order valence-corrected chi connectivity index (χ3v) is 7.21. The molecule has 2 bridgehead atoms. The SMILES string of the molecule is Cc1cc(C(C)NC2C(C)(C)[C@H]3CC[C@]2(C)C3)c(C)s1. The lowest BCUT2D eigenvalue weighted by atomic mass is 9.68. The molecule has 112 valence electrons. The maximum atomic E-state index is 4.02. The molecule has 0 aliphatic heterocycles. The van der Waals surface area contributed by atoms with Crippen LogP contribution in [0.2, 0.25) is 0 Å². The van der Waals surface area contributed by atoms with Gasteiger partial charge in [-0.2, -0.15) is 0 Å². The van der Waals surface area contributed by atoms with Crippen molar-refractivity contribution in [3.8, 4) is 0 Å². The Hall–Kier alpha value is -0.340. The zero-order chi connectivity index (χ0) is 14.7. The molecule has 20 heavy (non-hydrogen) atoms. The third kappa shape index (κ3) is 2.07. The predicted molar refractivity (Wildman–Crippen MR) is 88.4 cm³/mol. The van der Waals surface area contributed by atoms with Crippen LogP contribution in [0.1, 0.15) is 68.3 Å². The molecule has 2 fully saturated rings. The van der Waals surface area contributed by atoms with Crippen LogP contribution >= 0.6 is 11.3 Å². The van der Waals surface area contributed by atoms with E-state index in [1.54, 1.807) is 0 Å². The summed E-state index contributed by atoms with van der Waals surface area (Å²) >= 11 is 1.93. The molecule has 0 amide bonds. The highest BCUT2D eigenvalue weighted by molar-refractivity contribution is 7.12. The summed E-state index contributed by atoms with van der Waals surface area (Å²) < 4.78 is 0. The Morgan fingerprint density at radius 1 is 1.30 bits per heavy atom. The molecule has 1 N–H and O–H groups in total. The largest absolute Gasteiger partial charge is 0.306 e. The smallest absolute Gasteiger partial charge is 0.0305 e. The fourth-order valence-corrected chi connectivity index (χ4v) is 6.16. The molecule has 1 nitrogen and oxygen atoms in total. The van der Waals surface area contributed by atoms with Crippen LogP contribution in [0.5, 0.6) is 0 Å². The van der Waals surface area contributed by atoms with Crippen LogP contribution in [0.15, 0.2) is 6.07 Å². The topological polar surface area (TPSA) is 12.0 Å². The van der Waals surface area contributed by atoms with E-state index in [0.717, 1.165) is 5.92 Å². The molecule has 0 aromatic carbocycles. The highest BCUT2D eigenvalue weighted by Crippen LogP contribution is 2.62. The molecule has 2 aliphatic rings. The molecule has 1 aromatic rings. The van der Waals surface area contributed by atoms with Gasteiger partial charge < -0.3 is 5.32 Å². The molecule has 2 heteroatoms. The fraction of sp³-hybridized carbons (Fsp3) is 0.778. The van der Waals surface area contributed by atoms with E-state index in [1.165, 1.54) is 34.6 Å². The van der Waals surface area contributed by atoms with Gasteiger partial charge in [0.15, 0.2) is 0 Å². The van der Waals surface area contributed by atoms with Crippen LogP contribution in [0.4, 0.5) is 0 Å². The second-order valence-corrected chi connectivity index (χ2v) is 9.57. The van der Waals surface area contributed by atoms with Crippen molar-refractivity contribution in [1.29, 1.82) is 0 Å². The van der Waals surface area contributed by atoms with E-state index in [9.17, 15) is 0 Å². The molecule has 2 saturated carbocycles. The minimum Gasteiger partial charge on any atom is -0.306 e. The number of hydrogen-bond acceptors (Lipinski definition) is 2. The lowest BCUT2D eigenvalue weighted by Gasteiger charge is -2.44. The Morgan fingerprint density at radius 3 is 2.50 bits per heavy atom. The number of hydrogen-bond donors (Lipinski definition) is 1. The Labute approximate surface area is 128 Å². The van der Waals surface area contributed by atoms with E-state index in [2.05, 4.69) is 52.9 Å². The zero-order valence-corrected chi connectivity index (χ0v) is 14.7. The first-order valence-corrected chi connectivity index (χ1v) is 8.89. The minimum absolute atomic E-state index is 0.445. The van der Waals surface area contributed by atoms with Gasteiger partial charge in [0, 0.05) is 21.8 Å². The lowest BCUT2D eigenvalue weighted by molar-refractivity contribution is 0.100. The van der Waals surface area contributed by atoms with Gasteiger partial charge in [0.25, 0.3) is 0 Å². The Bertz CT molecular complexity index is 511. The molecular weight excluding hydrogens is 262 g/mol. The van der Waals surface area contributed by atoms with E-state index in [-0.39, 0.29) is 0 Å². The molecule has 0 saturated heterocycles. The molecule has 2 aliphatic carbocycles. The van der Waals surface area contributed by atoms with E-state index < -0.39 is 0 Å². The Balaban J connectivity index is 1.82. The second-order valence-electron chi connectivity index (χ2n) is 8.11. The summed E-state index contributed by atoms with van der Waals surface area (Å²) in [6, 6.07) is 3.50. The minimum atomic E-state index is 0.445. The average Bonchev–Trinajstić information content (AvgIpc) is 2.93. The number of nitrogens with one attached hydrogen (secondary N) is 1. The van der Waals surface area contributed by atoms with E-state index in [4.69, 9.17) is 0 Å². The maximum absolute atomic E-state index is 4.02. The first kappa shape index (κ1) is 14.6. The van der Waals surface area contributed by atoms with Crippen LogP contribution in [-0.4, -0.2) is 6.04 Å². The summed E-state index contributed by atoms with van der Waals surface area (Å²) in [5.41, 5.74) is 2.47. The maximum Gasteiger partial charge on any atom is 0.0305 e. The molecule has 1 aromatic heterocycles. The first-order valence-electron chi connectivity index (χ1n) is 8.07. The van der Waals surface area contributed by atoms with Gasteiger partial charge in [0.05, 0.1) is 0 Å². The molecule has 0 radical (unpaired) electrons. The molecular formula is C18H29NS. The highest BCUT2D eigenvalue weighted by atomic mass is 32.1. The van der Waals surface area contributed by atoms with Gasteiger partial charge in [-0.15, -0.1) is 11.3 Å². The standard InChI is InChI=1S/C18H29NS/c1-11-9-15(13(3)20-11)12(2)19-16-17(4,5)14-7-8-18(16,6)10-14/h9,12,14,16,19H,7-8,10H2,1-6H3/t12?,14-,16?,18+/m0/s1. The second kappa shape index (κ2) is 4.58. The van der Waals surface area contributed by atoms with Crippen LogP contribution in [0, 0.1) is 30.6 Å². The fourth-order valence-electron chi connectivity index (χ4n) is 5.14. The monoisotopic (exact) mass is 291 g/mol. The number of thiophene rings is 1. The van der Waals surface area contributed by atoms with Gasteiger partial charge in [-0.25, -0.2) is 0 Å². The van der Waals surface area contributed by atoms with Crippen LogP contribution in [-0.2, 0) is 0 Å². The Morgan fingerprint density at radius 2 is 2.00 bits per heavy atom. The van der Waals surface area contributed by atoms with Gasteiger partial charge in [-0.1, -0.05) is 20.8 Å². The molecule has 1 heterocycles. The summed E-state index contributed by atoms with van der Waals surface area (Å²) in [7, 11) is 0. The van der Waals surface area contributed by atoms with Crippen molar-refractivity contribution < 1.29 is 0 Å². The van der Waals surface area contributed by atoms with Gasteiger partial charge in [0.1, 0.15) is 0 Å². The Kier molecular flexibility index (Phi) is 3.34. The van der Waals surface area contributed by atoms with Crippen molar-refractivity contribution >= 4 is 11.3 Å². The van der Waals surface area contributed by atoms with Gasteiger partial charge in [-0.05, 0) is 68.4 Å². The summed E-state index contributed by atoms with van der Waals surface area (Å²) in [6.07, 6.45) is 4.27. The predicted octanol–water partition coefficient (Wildman–Crippen LogP) is 5.23. The van der Waals surface area contributed by atoms with E-state index >= 15 is 0 Å². The van der Waals surface area contributed by atoms with E-state index in [0.29, 0.717) is 22.9 Å². The van der Waals surface area contributed by atoms with E-state index in [1.807, 2.05) is 11.3 Å². The highest BCUT2D eigenvalue weighted by Gasteiger charge is 2.59. The zero-order valence-electron chi connectivity index (χ0n) is 13.8. The van der Waals surface area contributed by atoms with Crippen molar-refractivity contribution in [1.82, 2.24) is 5.32 Å². The molecule has 0 spiro atoms. The van der Waals surface area contributed by atoms with Crippen molar-refractivity contribution in [2.45, 2.75) is 72.9 Å². The van der Waals surface area contributed by atoms with Gasteiger partial charge >= 0.3 is 0 Å². The summed E-state index contributed by atoms with van der Waals surface area (Å²) in [5.74, 6) is 0.919. The average molecular weight is 292 g/mol. The first-order chi connectivity index (χ1) is 9.24. The summed E-state index contributed by atoms with van der Waals surface area (Å²) in [5, 5.41) is 4.02.